The van der Waals surface area contributed by atoms with Crippen LogP contribution in [0.4, 0.5) is 0 Å². The third kappa shape index (κ3) is 4.09. The molecular formula is C13H19BO2. The summed E-state index contributed by atoms with van der Waals surface area (Å²) < 4.78 is 5.58. The molecule has 1 aromatic carbocycles. The maximum Gasteiger partial charge on any atom is 0.139 e. The van der Waals surface area contributed by atoms with E-state index >= 15 is 0 Å². The van der Waals surface area contributed by atoms with Crippen LogP contribution in [-0.2, 0) is 11.2 Å². The number of carbonyl (C=O) groups excluding carboxylic acids is 1. The van der Waals surface area contributed by atoms with E-state index in [1.165, 1.54) is 11.0 Å². The fourth-order valence-electron chi connectivity index (χ4n) is 1.67. The minimum Gasteiger partial charge on any atom is -0.494 e. The molecular weight excluding hydrogens is 199 g/mol. The minimum atomic E-state index is 0.223. The van der Waals surface area contributed by atoms with Gasteiger partial charge in [0.1, 0.15) is 19.4 Å². The van der Waals surface area contributed by atoms with Gasteiger partial charge in [-0.15, -0.1) is 0 Å². The van der Waals surface area contributed by atoms with Crippen LogP contribution in [0.1, 0.15) is 32.3 Å². The van der Waals surface area contributed by atoms with Gasteiger partial charge >= 0.3 is 0 Å². The van der Waals surface area contributed by atoms with Gasteiger partial charge in [-0.25, -0.2) is 0 Å². The van der Waals surface area contributed by atoms with Gasteiger partial charge in [0.2, 0.25) is 0 Å². The Labute approximate surface area is 98.4 Å². The molecule has 0 aliphatic carbocycles. The van der Waals surface area contributed by atoms with Crippen molar-refractivity contribution in [1.29, 1.82) is 0 Å². The average molecular weight is 218 g/mol. The minimum absolute atomic E-state index is 0.223. The zero-order valence-corrected chi connectivity index (χ0v) is 10.4. The molecule has 0 fully saturated rings. The molecule has 3 heteroatoms. The van der Waals surface area contributed by atoms with Crippen LogP contribution in [0.5, 0.6) is 5.75 Å². The lowest BCUT2D eigenvalue weighted by molar-refractivity contribution is -0.117. The Morgan fingerprint density at radius 1 is 1.44 bits per heavy atom. The Hall–Kier alpha value is -1.25. The van der Waals surface area contributed by atoms with Gasteiger partial charge in [-0.3, -0.25) is 0 Å². The van der Waals surface area contributed by atoms with Gasteiger partial charge in [0.15, 0.2) is 0 Å². The molecule has 2 nitrogen and oxygen atoms in total. The fourth-order valence-corrected chi connectivity index (χ4v) is 1.67. The summed E-state index contributed by atoms with van der Waals surface area (Å²) in [5.74, 6) is 1.12. The monoisotopic (exact) mass is 218 g/mol. The predicted molar refractivity (Wildman–Crippen MR) is 69.4 cm³/mol. The van der Waals surface area contributed by atoms with Crippen molar-refractivity contribution in [2.75, 3.05) is 6.61 Å². The summed E-state index contributed by atoms with van der Waals surface area (Å²) in [6.07, 6.45) is 2.45. The number of ether oxygens (including phenoxy) is 1. The molecule has 0 unspecified atom stereocenters. The van der Waals surface area contributed by atoms with Gasteiger partial charge in [-0.05, 0) is 31.9 Å². The summed E-state index contributed by atoms with van der Waals surface area (Å²) in [6.45, 7) is 4.38. The van der Waals surface area contributed by atoms with Crippen molar-refractivity contribution in [2.24, 2.45) is 0 Å². The van der Waals surface area contributed by atoms with E-state index in [1.54, 1.807) is 6.92 Å². The predicted octanol–water partition coefficient (Wildman–Crippen LogP) is 1.26. The molecule has 0 bridgehead atoms. The summed E-state index contributed by atoms with van der Waals surface area (Å²) >= 11 is 0. The number of benzene rings is 1. The quantitative estimate of drug-likeness (QED) is 0.530. The highest BCUT2D eigenvalue weighted by Crippen LogP contribution is 2.10. The molecule has 16 heavy (non-hydrogen) atoms. The van der Waals surface area contributed by atoms with Crippen LogP contribution >= 0.6 is 0 Å². The van der Waals surface area contributed by atoms with Gasteiger partial charge in [-0.2, -0.15) is 0 Å². The molecule has 0 aromatic heterocycles. The number of Topliss-reactive ketones (excluding diaryl/α,β-unsaturated/α-hetero) is 1. The highest BCUT2D eigenvalue weighted by atomic mass is 16.5. The van der Waals surface area contributed by atoms with Crippen LogP contribution in [0.15, 0.2) is 18.2 Å². The Morgan fingerprint density at radius 3 is 2.75 bits per heavy atom. The van der Waals surface area contributed by atoms with Gasteiger partial charge in [0.25, 0.3) is 0 Å². The first-order valence-corrected chi connectivity index (χ1v) is 5.85. The highest BCUT2D eigenvalue weighted by Gasteiger charge is 1.99. The summed E-state index contributed by atoms with van der Waals surface area (Å²) in [5, 5.41) is 0. The summed E-state index contributed by atoms with van der Waals surface area (Å²) in [5.41, 5.74) is 2.63. The van der Waals surface area contributed by atoms with Crippen LogP contribution in [0.2, 0.25) is 0 Å². The van der Waals surface area contributed by atoms with Crippen molar-refractivity contribution in [3.8, 4) is 5.75 Å². The molecule has 0 N–H and O–H groups in total. The third-order valence-electron chi connectivity index (χ3n) is 2.64. The second-order valence-electron chi connectivity index (χ2n) is 4.10. The average Bonchev–Trinajstić information content (AvgIpc) is 2.24. The topological polar surface area (TPSA) is 26.3 Å². The smallest absolute Gasteiger partial charge is 0.139 e. The van der Waals surface area contributed by atoms with E-state index in [1.807, 2.05) is 6.07 Å². The van der Waals surface area contributed by atoms with Crippen LogP contribution in [0.3, 0.4) is 0 Å². The van der Waals surface area contributed by atoms with Crippen molar-refractivity contribution in [2.45, 2.75) is 33.1 Å². The van der Waals surface area contributed by atoms with E-state index in [4.69, 9.17) is 4.74 Å². The van der Waals surface area contributed by atoms with Gasteiger partial charge < -0.3 is 9.53 Å². The molecule has 0 amide bonds. The van der Waals surface area contributed by atoms with E-state index in [0.717, 1.165) is 18.6 Å². The van der Waals surface area contributed by atoms with Crippen molar-refractivity contribution >= 4 is 19.1 Å². The van der Waals surface area contributed by atoms with Gasteiger partial charge in [0, 0.05) is 6.42 Å². The normalized spacial score (nSPS) is 10.1. The summed E-state index contributed by atoms with van der Waals surface area (Å²) in [6, 6.07) is 6.17. The molecule has 0 saturated carbocycles. The lowest BCUT2D eigenvalue weighted by Gasteiger charge is -2.08. The molecule has 0 atom stereocenters. The first-order valence-electron chi connectivity index (χ1n) is 5.85. The van der Waals surface area contributed by atoms with Gasteiger partial charge in [0.05, 0.1) is 6.61 Å². The molecule has 0 heterocycles. The lowest BCUT2D eigenvalue weighted by Crippen LogP contribution is -2.10. The van der Waals surface area contributed by atoms with E-state index in [0.29, 0.717) is 13.0 Å². The zero-order chi connectivity index (χ0) is 12.0. The van der Waals surface area contributed by atoms with Crippen LogP contribution < -0.4 is 10.2 Å². The zero-order valence-electron chi connectivity index (χ0n) is 10.4. The maximum atomic E-state index is 10.7. The Balaban J connectivity index is 2.43. The Kier molecular flexibility index (Phi) is 5.10. The van der Waals surface area contributed by atoms with E-state index < -0.39 is 0 Å². The highest BCUT2D eigenvalue weighted by molar-refractivity contribution is 6.33. The maximum absolute atomic E-state index is 10.7. The van der Waals surface area contributed by atoms with Crippen molar-refractivity contribution in [1.82, 2.24) is 0 Å². The van der Waals surface area contributed by atoms with Crippen LogP contribution in [0.25, 0.3) is 0 Å². The number of ketones is 1. The van der Waals surface area contributed by atoms with Gasteiger partial charge in [-0.1, -0.05) is 24.0 Å². The van der Waals surface area contributed by atoms with Crippen LogP contribution in [0, 0.1) is 0 Å². The van der Waals surface area contributed by atoms with Crippen molar-refractivity contribution in [3.63, 3.8) is 0 Å². The second kappa shape index (κ2) is 6.36. The Morgan fingerprint density at radius 2 is 2.19 bits per heavy atom. The van der Waals surface area contributed by atoms with Crippen molar-refractivity contribution in [3.05, 3.63) is 23.8 Å². The van der Waals surface area contributed by atoms with Crippen molar-refractivity contribution < 1.29 is 9.53 Å². The first-order chi connectivity index (χ1) is 7.63. The molecule has 0 aliphatic heterocycles. The second-order valence-corrected chi connectivity index (χ2v) is 4.10. The fraction of sp³-hybridized carbons (Fsp3) is 0.462. The molecule has 0 saturated heterocycles. The number of aryl methyl sites for hydroxylation is 1. The van der Waals surface area contributed by atoms with E-state index in [9.17, 15) is 4.79 Å². The van der Waals surface area contributed by atoms with Crippen LogP contribution in [-0.4, -0.2) is 20.2 Å². The number of rotatable bonds is 6. The SMILES string of the molecule is Bc1cc(OCCCC(C)=O)ccc1CC. The Bertz CT molecular complexity index is 361. The molecule has 1 aromatic rings. The molecule has 0 spiro atoms. The largest absolute Gasteiger partial charge is 0.494 e. The lowest BCUT2D eigenvalue weighted by atomic mass is 9.89. The van der Waals surface area contributed by atoms with E-state index in [-0.39, 0.29) is 5.78 Å². The molecule has 0 radical (unpaired) electrons. The number of hydrogen-bond donors (Lipinski definition) is 0. The standard InChI is InChI=1S/C13H19BO2/c1-3-11-6-7-12(9-13(11)14)16-8-4-5-10(2)15/h6-7,9H,3-5,8,14H2,1-2H3. The summed E-state index contributed by atoms with van der Waals surface area (Å²) in [4.78, 5) is 10.7. The number of hydrogen-bond acceptors (Lipinski definition) is 2. The number of carbonyl (C=O) groups is 1. The first kappa shape index (κ1) is 12.8. The molecule has 86 valence electrons. The van der Waals surface area contributed by atoms with E-state index in [2.05, 4.69) is 26.9 Å². The third-order valence-corrected chi connectivity index (χ3v) is 2.64. The summed E-state index contributed by atoms with van der Waals surface area (Å²) in [7, 11) is 2.10. The molecule has 1 rings (SSSR count). The molecule has 0 aliphatic rings.